The molecular formula is C22H24N4O7S. The SMILES string of the molecule is CCCn1c(COC(=O)c2ccc([N+](=O)[O-])cc2)nc2cc(S(=O)(=O)N3CCOCC3)ccc21. The molecule has 2 heterocycles. The van der Waals surface area contributed by atoms with E-state index in [0.29, 0.717) is 44.2 Å². The fourth-order valence-corrected chi connectivity index (χ4v) is 5.20. The number of imidazole rings is 1. The van der Waals surface area contributed by atoms with Gasteiger partial charge >= 0.3 is 5.97 Å². The second kappa shape index (κ2) is 9.87. The minimum atomic E-state index is -3.67. The third-order valence-electron chi connectivity index (χ3n) is 5.50. The molecule has 0 unspecified atom stereocenters. The minimum Gasteiger partial charge on any atom is -0.454 e. The molecule has 0 spiro atoms. The quantitative estimate of drug-likeness (QED) is 0.268. The van der Waals surface area contributed by atoms with E-state index in [-0.39, 0.29) is 22.8 Å². The summed E-state index contributed by atoms with van der Waals surface area (Å²) < 4.78 is 39.9. The average molecular weight is 489 g/mol. The van der Waals surface area contributed by atoms with Gasteiger partial charge in [-0.25, -0.2) is 18.2 Å². The summed E-state index contributed by atoms with van der Waals surface area (Å²) >= 11 is 0. The molecule has 0 bridgehead atoms. The van der Waals surface area contributed by atoms with Crippen molar-refractivity contribution in [1.29, 1.82) is 0 Å². The molecular weight excluding hydrogens is 464 g/mol. The number of esters is 1. The number of aryl methyl sites for hydroxylation is 1. The van der Waals surface area contributed by atoms with Crippen LogP contribution in [0.25, 0.3) is 11.0 Å². The maximum atomic E-state index is 13.0. The van der Waals surface area contributed by atoms with E-state index in [9.17, 15) is 23.3 Å². The van der Waals surface area contributed by atoms with E-state index in [1.54, 1.807) is 12.1 Å². The number of hydrogen-bond donors (Lipinski definition) is 0. The van der Waals surface area contributed by atoms with Crippen LogP contribution in [-0.4, -0.2) is 59.5 Å². The van der Waals surface area contributed by atoms with Gasteiger partial charge in [0.25, 0.3) is 5.69 Å². The van der Waals surface area contributed by atoms with Crippen LogP contribution in [0.1, 0.15) is 29.5 Å². The number of carbonyl (C=O) groups excluding carboxylic acids is 1. The van der Waals surface area contributed by atoms with Crippen LogP contribution in [0.3, 0.4) is 0 Å². The van der Waals surface area contributed by atoms with Gasteiger partial charge in [0.05, 0.1) is 39.6 Å². The Morgan fingerprint density at radius 2 is 1.88 bits per heavy atom. The first-order chi connectivity index (χ1) is 16.3. The van der Waals surface area contributed by atoms with Gasteiger partial charge in [-0.05, 0) is 36.8 Å². The molecule has 0 aliphatic carbocycles. The van der Waals surface area contributed by atoms with Crippen LogP contribution in [0.2, 0.25) is 0 Å². The van der Waals surface area contributed by atoms with Gasteiger partial charge < -0.3 is 14.0 Å². The van der Waals surface area contributed by atoms with Crippen molar-refractivity contribution < 1.29 is 27.6 Å². The highest BCUT2D eigenvalue weighted by molar-refractivity contribution is 7.89. The van der Waals surface area contributed by atoms with Gasteiger partial charge in [0.1, 0.15) is 12.4 Å². The second-order valence-electron chi connectivity index (χ2n) is 7.73. The summed E-state index contributed by atoms with van der Waals surface area (Å²) in [4.78, 5) is 27.4. The van der Waals surface area contributed by atoms with Gasteiger partial charge in [0.2, 0.25) is 10.0 Å². The molecule has 0 N–H and O–H groups in total. The van der Waals surface area contributed by atoms with Gasteiger partial charge in [-0.1, -0.05) is 6.92 Å². The number of nitro groups is 1. The van der Waals surface area contributed by atoms with Gasteiger partial charge in [0, 0.05) is 31.8 Å². The Hall–Kier alpha value is -3.35. The summed E-state index contributed by atoms with van der Waals surface area (Å²) in [6, 6.07) is 9.95. The molecule has 4 rings (SSSR count). The summed E-state index contributed by atoms with van der Waals surface area (Å²) in [7, 11) is -3.67. The molecule has 1 aliphatic rings. The number of aromatic nitrogens is 2. The first-order valence-electron chi connectivity index (χ1n) is 10.8. The largest absolute Gasteiger partial charge is 0.454 e. The number of nitrogens with zero attached hydrogens (tertiary/aromatic N) is 4. The fourth-order valence-electron chi connectivity index (χ4n) is 3.77. The number of hydrogen-bond acceptors (Lipinski definition) is 8. The van der Waals surface area contributed by atoms with E-state index in [1.807, 2.05) is 11.5 Å². The molecule has 11 nitrogen and oxygen atoms in total. The number of benzene rings is 2. The van der Waals surface area contributed by atoms with Crippen LogP contribution in [-0.2, 0) is 32.6 Å². The van der Waals surface area contributed by atoms with E-state index in [0.717, 1.165) is 11.9 Å². The zero-order valence-electron chi connectivity index (χ0n) is 18.5. The maximum Gasteiger partial charge on any atom is 0.338 e. The number of nitro benzene ring substituents is 1. The van der Waals surface area contributed by atoms with Crippen LogP contribution < -0.4 is 0 Å². The number of carbonyl (C=O) groups is 1. The van der Waals surface area contributed by atoms with Gasteiger partial charge in [0.15, 0.2) is 0 Å². The predicted octanol–water partition coefficient (Wildman–Crippen LogP) is 2.73. The zero-order chi connectivity index (χ0) is 24.3. The molecule has 12 heteroatoms. The highest BCUT2D eigenvalue weighted by atomic mass is 32.2. The molecule has 34 heavy (non-hydrogen) atoms. The summed E-state index contributed by atoms with van der Waals surface area (Å²) in [5.41, 5.74) is 1.29. The van der Waals surface area contributed by atoms with Crippen molar-refractivity contribution in [1.82, 2.24) is 13.9 Å². The smallest absolute Gasteiger partial charge is 0.338 e. The normalized spacial score (nSPS) is 14.9. The fraction of sp³-hybridized carbons (Fsp3) is 0.364. The average Bonchev–Trinajstić information content (AvgIpc) is 3.20. The highest BCUT2D eigenvalue weighted by Gasteiger charge is 2.27. The first-order valence-corrected chi connectivity index (χ1v) is 12.2. The predicted molar refractivity (Wildman–Crippen MR) is 122 cm³/mol. The molecule has 0 atom stereocenters. The van der Waals surface area contributed by atoms with E-state index < -0.39 is 20.9 Å². The van der Waals surface area contributed by atoms with Crippen molar-refractivity contribution in [3.63, 3.8) is 0 Å². The Morgan fingerprint density at radius 1 is 1.18 bits per heavy atom. The molecule has 180 valence electrons. The topological polar surface area (TPSA) is 134 Å². The Bertz CT molecular complexity index is 1310. The van der Waals surface area contributed by atoms with Gasteiger partial charge in [-0.3, -0.25) is 10.1 Å². The lowest BCUT2D eigenvalue weighted by Crippen LogP contribution is -2.40. The summed E-state index contributed by atoms with van der Waals surface area (Å²) in [6.07, 6.45) is 0.794. The molecule has 0 saturated carbocycles. The van der Waals surface area contributed by atoms with E-state index in [2.05, 4.69) is 4.98 Å². The van der Waals surface area contributed by atoms with Crippen molar-refractivity contribution in [2.75, 3.05) is 26.3 Å². The number of morpholine rings is 1. The number of ether oxygens (including phenoxy) is 2. The lowest BCUT2D eigenvalue weighted by molar-refractivity contribution is -0.384. The number of fused-ring (bicyclic) bond motifs is 1. The molecule has 3 aromatic rings. The molecule has 1 aliphatic heterocycles. The maximum absolute atomic E-state index is 13.0. The second-order valence-corrected chi connectivity index (χ2v) is 9.66. The Balaban J connectivity index is 1.57. The highest BCUT2D eigenvalue weighted by Crippen LogP contribution is 2.24. The molecule has 1 aromatic heterocycles. The molecule has 1 saturated heterocycles. The Kier molecular flexibility index (Phi) is 6.91. The monoisotopic (exact) mass is 488 g/mol. The van der Waals surface area contributed by atoms with Crippen LogP contribution in [0, 0.1) is 10.1 Å². The molecule has 1 fully saturated rings. The Morgan fingerprint density at radius 3 is 2.53 bits per heavy atom. The summed E-state index contributed by atoms with van der Waals surface area (Å²) in [5, 5.41) is 10.8. The number of rotatable bonds is 8. The molecule has 0 radical (unpaired) electrons. The molecule has 0 amide bonds. The van der Waals surface area contributed by atoms with E-state index in [4.69, 9.17) is 9.47 Å². The number of sulfonamides is 1. The van der Waals surface area contributed by atoms with Crippen molar-refractivity contribution >= 4 is 32.7 Å². The first kappa shape index (κ1) is 23.8. The van der Waals surface area contributed by atoms with Gasteiger partial charge in [-0.15, -0.1) is 0 Å². The lowest BCUT2D eigenvalue weighted by atomic mass is 10.2. The Labute approximate surface area is 196 Å². The number of non-ortho nitro benzene ring substituents is 1. The lowest BCUT2D eigenvalue weighted by Gasteiger charge is -2.26. The van der Waals surface area contributed by atoms with Crippen molar-refractivity contribution in [2.45, 2.75) is 31.4 Å². The summed E-state index contributed by atoms with van der Waals surface area (Å²) in [5.74, 6) is -0.159. The van der Waals surface area contributed by atoms with Crippen molar-refractivity contribution in [2.24, 2.45) is 0 Å². The third kappa shape index (κ3) is 4.79. The van der Waals surface area contributed by atoms with Gasteiger partial charge in [-0.2, -0.15) is 4.31 Å². The van der Waals surface area contributed by atoms with Crippen LogP contribution in [0.4, 0.5) is 5.69 Å². The summed E-state index contributed by atoms with van der Waals surface area (Å²) in [6.45, 7) is 3.79. The van der Waals surface area contributed by atoms with Crippen LogP contribution in [0.5, 0.6) is 0 Å². The van der Waals surface area contributed by atoms with E-state index in [1.165, 1.54) is 34.6 Å². The minimum absolute atomic E-state index is 0.121. The van der Waals surface area contributed by atoms with E-state index >= 15 is 0 Å². The van der Waals surface area contributed by atoms with Crippen molar-refractivity contribution in [3.05, 3.63) is 64.0 Å². The van der Waals surface area contributed by atoms with Crippen LogP contribution >= 0.6 is 0 Å². The standard InChI is InChI=1S/C22H24N4O7S/c1-2-9-25-20-8-7-18(34(30,31)24-10-12-32-13-11-24)14-19(20)23-21(25)15-33-22(27)16-3-5-17(6-4-16)26(28)29/h3-8,14H,2,9-13,15H2,1H3. The zero-order valence-corrected chi connectivity index (χ0v) is 19.4. The van der Waals surface area contributed by atoms with Crippen molar-refractivity contribution in [3.8, 4) is 0 Å². The van der Waals surface area contributed by atoms with Crippen LogP contribution in [0.15, 0.2) is 47.4 Å². The molecule has 2 aromatic carbocycles. The third-order valence-corrected chi connectivity index (χ3v) is 7.39.